The van der Waals surface area contributed by atoms with Crippen LogP contribution in [-0.2, 0) is 0 Å². The third-order valence-electron chi connectivity index (χ3n) is 8.73. The average Bonchev–Trinajstić information content (AvgIpc) is 3.70. The first-order valence-electron chi connectivity index (χ1n) is 14.4. The van der Waals surface area contributed by atoms with Gasteiger partial charge in [0.1, 0.15) is 0 Å². The van der Waals surface area contributed by atoms with Crippen molar-refractivity contribution in [3.63, 3.8) is 0 Å². The van der Waals surface area contributed by atoms with Crippen LogP contribution in [0.15, 0.2) is 109 Å². The Balaban J connectivity index is 1.37. The summed E-state index contributed by atoms with van der Waals surface area (Å²) in [6.07, 6.45) is 0. The number of hydrogen-bond acceptors (Lipinski definition) is 2. The normalized spacial score (nSPS) is 11.9. The van der Waals surface area contributed by atoms with Crippen LogP contribution in [0.25, 0.3) is 83.8 Å². The lowest BCUT2D eigenvalue weighted by Crippen LogP contribution is -1.94. The number of aryl methyl sites for hydroxylation is 2. The minimum absolute atomic E-state index is 0.710. The zero-order chi connectivity index (χ0) is 28.8. The maximum atomic E-state index is 8.03. The molecule has 0 aliphatic carbocycles. The van der Waals surface area contributed by atoms with Crippen LogP contribution in [0.5, 0.6) is 0 Å². The highest BCUT2D eigenvalue weighted by atomic mass is 32.1. The molecule has 3 aromatic heterocycles. The van der Waals surface area contributed by atoms with Crippen LogP contribution in [0.2, 0.25) is 0 Å². The summed E-state index contributed by atoms with van der Waals surface area (Å²) in [6.45, 7) is 12.4. The van der Waals surface area contributed by atoms with Crippen molar-refractivity contribution < 1.29 is 0 Å². The van der Waals surface area contributed by atoms with Gasteiger partial charge < -0.3 is 4.57 Å². The van der Waals surface area contributed by atoms with Gasteiger partial charge in [0.05, 0.1) is 28.0 Å². The first-order chi connectivity index (χ1) is 21.1. The van der Waals surface area contributed by atoms with Crippen molar-refractivity contribution in [2.24, 2.45) is 0 Å². The van der Waals surface area contributed by atoms with Gasteiger partial charge in [0, 0.05) is 41.0 Å². The van der Waals surface area contributed by atoms with Crippen molar-refractivity contribution in [3.8, 4) is 16.8 Å². The van der Waals surface area contributed by atoms with Crippen LogP contribution >= 0.6 is 22.7 Å². The highest BCUT2D eigenvalue weighted by Gasteiger charge is 2.20. The monoisotopic (exact) mass is 584 g/mol. The van der Waals surface area contributed by atoms with E-state index in [0.29, 0.717) is 5.69 Å². The van der Waals surface area contributed by atoms with Crippen LogP contribution in [0.1, 0.15) is 11.1 Å². The predicted octanol–water partition coefficient (Wildman–Crippen LogP) is 12.4. The van der Waals surface area contributed by atoms with E-state index in [4.69, 9.17) is 6.57 Å². The molecule has 0 atom stereocenters. The van der Waals surface area contributed by atoms with E-state index in [9.17, 15) is 0 Å². The van der Waals surface area contributed by atoms with Crippen molar-refractivity contribution in [1.29, 1.82) is 0 Å². The molecule has 0 aliphatic heterocycles. The lowest BCUT2D eigenvalue weighted by molar-refractivity contribution is 1.20. The van der Waals surface area contributed by atoms with E-state index < -0.39 is 0 Å². The number of thiophene rings is 2. The topological polar surface area (TPSA) is 9.29 Å². The number of aromatic nitrogens is 1. The molecule has 0 unspecified atom stereocenters. The minimum atomic E-state index is 0.710. The summed E-state index contributed by atoms with van der Waals surface area (Å²) in [5.74, 6) is 0. The molecule has 43 heavy (non-hydrogen) atoms. The van der Waals surface area contributed by atoms with E-state index in [1.807, 2.05) is 17.4 Å². The van der Waals surface area contributed by atoms with Crippen LogP contribution in [-0.4, -0.2) is 4.57 Å². The van der Waals surface area contributed by atoms with Gasteiger partial charge in [0.2, 0.25) is 5.69 Å². The van der Waals surface area contributed by atoms with Gasteiger partial charge in [0.25, 0.3) is 0 Å². The Morgan fingerprint density at radius 2 is 1.30 bits per heavy atom. The second-order valence-corrected chi connectivity index (χ2v) is 13.5. The maximum Gasteiger partial charge on any atom is 0.204 e. The molecule has 4 heteroatoms. The summed E-state index contributed by atoms with van der Waals surface area (Å²) in [5, 5.41) is 7.50. The minimum Gasteiger partial charge on any atom is -0.308 e. The number of fused-ring (bicyclic) bond motifs is 9. The molecular formula is C39H24N2S2. The number of hydrogen-bond donors (Lipinski definition) is 0. The molecule has 0 bridgehead atoms. The van der Waals surface area contributed by atoms with Crippen molar-refractivity contribution >= 4 is 90.5 Å². The zero-order valence-electron chi connectivity index (χ0n) is 23.6. The molecule has 0 aliphatic rings. The molecule has 0 N–H and O–H groups in total. The van der Waals surface area contributed by atoms with E-state index in [2.05, 4.69) is 126 Å². The molecule has 9 aromatic rings. The van der Waals surface area contributed by atoms with Gasteiger partial charge in [0.15, 0.2) is 0 Å². The largest absolute Gasteiger partial charge is 0.308 e. The molecule has 0 radical (unpaired) electrons. The fourth-order valence-corrected chi connectivity index (χ4v) is 9.16. The van der Waals surface area contributed by atoms with Crippen LogP contribution in [0.4, 0.5) is 5.69 Å². The van der Waals surface area contributed by atoms with E-state index in [1.165, 1.54) is 79.7 Å². The molecule has 3 heterocycles. The first-order valence-corrected chi connectivity index (χ1v) is 16.0. The van der Waals surface area contributed by atoms with Crippen LogP contribution < -0.4 is 0 Å². The molecule has 202 valence electrons. The van der Waals surface area contributed by atoms with E-state index in [-0.39, 0.29) is 0 Å². The first kappa shape index (κ1) is 24.6. The summed E-state index contributed by atoms with van der Waals surface area (Å²) in [4.78, 5) is 3.98. The summed E-state index contributed by atoms with van der Waals surface area (Å²) in [5.41, 5.74) is 9.16. The Morgan fingerprint density at radius 3 is 2.07 bits per heavy atom. The number of rotatable bonds is 2. The lowest BCUT2D eigenvalue weighted by atomic mass is 9.97. The predicted molar refractivity (Wildman–Crippen MR) is 188 cm³/mol. The summed E-state index contributed by atoms with van der Waals surface area (Å²) in [6, 6.07) is 39.8. The molecular weight excluding hydrogens is 561 g/mol. The molecule has 0 saturated heterocycles. The van der Waals surface area contributed by atoms with Gasteiger partial charge in [-0.3, -0.25) is 0 Å². The third kappa shape index (κ3) is 3.50. The molecule has 0 spiro atoms. The van der Waals surface area contributed by atoms with Gasteiger partial charge >= 0.3 is 0 Å². The second-order valence-electron chi connectivity index (χ2n) is 11.4. The Labute approximate surface area is 256 Å². The van der Waals surface area contributed by atoms with E-state index in [0.717, 1.165) is 10.4 Å². The van der Waals surface area contributed by atoms with Gasteiger partial charge in [-0.05, 0) is 78.9 Å². The van der Waals surface area contributed by atoms with Crippen molar-refractivity contribution in [3.05, 3.63) is 132 Å². The molecule has 9 rings (SSSR count). The van der Waals surface area contributed by atoms with Crippen molar-refractivity contribution in [2.45, 2.75) is 13.8 Å². The van der Waals surface area contributed by atoms with Crippen molar-refractivity contribution in [1.82, 2.24) is 4.57 Å². The number of benzene rings is 6. The smallest absolute Gasteiger partial charge is 0.204 e. The van der Waals surface area contributed by atoms with E-state index in [1.54, 1.807) is 11.3 Å². The standard InChI is InChI=1S/C39H24N2S2/c1-22-11-16-32-28(19-22)29-20-23(2)12-17-33(29)41(32)34-9-6-8-27-37-25(14-15-31(40-3)39(37)43-38(27)34)24-13-18-36-30(21-24)26-7-4-5-10-35(26)42-36/h4-21H,1-2H3. The Morgan fingerprint density at radius 1 is 0.581 bits per heavy atom. The highest BCUT2D eigenvalue weighted by Crippen LogP contribution is 2.48. The van der Waals surface area contributed by atoms with Gasteiger partial charge in [-0.1, -0.05) is 71.8 Å². The Kier molecular flexibility index (Phi) is 5.17. The molecule has 0 amide bonds. The maximum absolute atomic E-state index is 8.03. The fraction of sp³-hybridized carbons (Fsp3) is 0.0513. The van der Waals surface area contributed by atoms with Crippen LogP contribution in [0, 0.1) is 20.4 Å². The summed E-state index contributed by atoms with van der Waals surface area (Å²) >= 11 is 3.59. The van der Waals surface area contributed by atoms with Gasteiger partial charge in [-0.25, -0.2) is 4.85 Å². The van der Waals surface area contributed by atoms with Crippen molar-refractivity contribution in [2.75, 3.05) is 0 Å². The highest BCUT2D eigenvalue weighted by molar-refractivity contribution is 7.27. The molecule has 2 nitrogen and oxygen atoms in total. The number of nitrogens with zero attached hydrogens (tertiary/aromatic N) is 2. The Bertz CT molecular complexity index is 2600. The Hall–Kier alpha value is -4.95. The second kappa shape index (κ2) is 9.02. The van der Waals surface area contributed by atoms with Gasteiger partial charge in [-0.2, -0.15) is 0 Å². The average molecular weight is 585 g/mol. The summed E-state index contributed by atoms with van der Waals surface area (Å²) in [7, 11) is 0. The molecule has 0 fully saturated rings. The quantitative estimate of drug-likeness (QED) is 0.179. The third-order valence-corrected chi connectivity index (χ3v) is 11.1. The van der Waals surface area contributed by atoms with Crippen LogP contribution in [0.3, 0.4) is 0 Å². The molecule has 0 saturated carbocycles. The van der Waals surface area contributed by atoms with E-state index >= 15 is 0 Å². The van der Waals surface area contributed by atoms with Gasteiger partial charge in [-0.15, -0.1) is 22.7 Å². The summed E-state index contributed by atoms with van der Waals surface area (Å²) < 4.78 is 7.29. The fourth-order valence-electron chi connectivity index (χ4n) is 6.78. The molecule has 6 aromatic carbocycles. The SMILES string of the molecule is [C-]#[N+]c1ccc(-c2ccc3sc4ccccc4c3c2)c2c1sc1c(-n3c4ccc(C)cc4c4cc(C)ccc43)cccc12. The lowest BCUT2D eigenvalue weighted by Gasteiger charge is -2.10. The zero-order valence-corrected chi connectivity index (χ0v) is 25.2.